The second kappa shape index (κ2) is 7.84. The first-order chi connectivity index (χ1) is 13.5. The summed E-state index contributed by atoms with van der Waals surface area (Å²) in [6.07, 6.45) is 1.85. The van der Waals surface area contributed by atoms with Gasteiger partial charge >= 0.3 is 0 Å². The highest BCUT2D eigenvalue weighted by Crippen LogP contribution is 2.35. The lowest BCUT2D eigenvalue weighted by Crippen LogP contribution is -3.14. The van der Waals surface area contributed by atoms with Crippen LogP contribution in [-0.2, 0) is 11.2 Å². The molecule has 0 aromatic heterocycles. The lowest BCUT2D eigenvalue weighted by molar-refractivity contribution is -0.924. The number of hydrogen-bond acceptors (Lipinski definition) is 3. The van der Waals surface area contributed by atoms with Crippen molar-refractivity contribution >= 4 is 11.6 Å². The summed E-state index contributed by atoms with van der Waals surface area (Å²) < 4.78 is 11.7. The smallest absolute Gasteiger partial charge is 0.279 e. The predicted molar refractivity (Wildman–Crippen MR) is 109 cm³/mol. The summed E-state index contributed by atoms with van der Waals surface area (Å²) in [5.74, 6) is 1.76. The number of rotatable bonds is 3. The Morgan fingerprint density at radius 3 is 2.46 bits per heavy atom. The molecule has 5 nitrogen and oxygen atoms in total. The van der Waals surface area contributed by atoms with E-state index in [1.54, 1.807) is 0 Å². The van der Waals surface area contributed by atoms with Crippen LogP contribution in [0.25, 0.3) is 0 Å². The van der Waals surface area contributed by atoms with E-state index in [0.29, 0.717) is 19.8 Å². The first-order valence-corrected chi connectivity index (χ1v) is 10.1. The number of ether oxygens (including phenoxy) is 2. The molecule has 0 saturated heterocycles. The van der Waals surface area contributed by atoms with Crippen LogP contribution in [-0.4, -0.2) is 32.2 Å². The SMILES string of the molecule is Cc1cc(C)cc(NC(=O)C[NH+]2CCc3cc4c(cc3[C@H]2C)OCCCO4)c1. The van der Waals surface area contributed by atoms with Crippen molar-refractivity contribution in [2.45, 2.75) is 39.7 Å². The highest BCUT2D eigenvalue weighted by molar-refractivity contribution is 5.91. The van der Waals surface area contributed by atoms with Gasteiger partial charge in [0.1, 0.15) is 6.04 Å². The molecule has 2 aromatic rings. The van der Waals surface area contributed by atoms with Crippen molar-refractivity contribution in [1.82, 2.24) is 0 Å². The third kappa shape index (κ3) is 3.99. The molecule has 0 spiro atoms. The van der Waals surface area contributed by atoms with Crippen LogP contribution >= 0.6 is 0 Å². The largest absolute Gasteiger partial charge is 0.490 e. The fraction of sp³-hybridized carbons (Fsp3) is 0.435. The Morgan fingerprint density at radius 2 is 1.75 bits per heavy atom. The molecule has 0 saturated carbocycles. The van der Waals surface area contributed by atoms with E-state index in [1.165, 1.54) is 16.0 Å². The average molecular weight is 381 g/mol. The number of nitrogens with one attached hydrogen (secondary N) is 2. The van der Waals surface area contributed by atoms with E-state index in [1.807, 2.05) is 26.0 Å². The summed E-state index contributed by atoms with van der Waals surface area (Å²) in [6.45, 7) is 9.09. The van der Waals surface area contributed by atoms with E-state index in [-0.39, 0.29) is 11.9 Å². The highest BCUT2D eigenvalue weighted by Gasteiger charge is 2.31. The standard InChI is InChI=1S/C23H28N2O3/c1-15-9-16(2)11-19(10-15)24-23(26)14-25-6-5-18-12-21-22(13-20(18)17(25)3)28-8-4-7-27-21/h9-13,17H,4-8,14H2,1-3H3,(H,24,26)/p+1/t17-/m1/s1. The Morgan fingerprint density at radius 1 is 1.07 bits per heavy atom. The quantitative estimate of drug-likeness (QED) is 0.859. The van der Waals surface area contributed by atoms with Gasteiger partial charge in [0, 0.05) is 24.1 Å². The maximum Gasteiger partial charge on any atom is 0.279 e. The molecule has 2 aliphatic heterocycles. The number of carbonyl (C=O) groups excluding carboxylic acids is 1. The summed E-state index contributed by atoms with van der Waals surface area (Å²) in [4.78, 5) is 13.9. The minimum Gasteiger partial charge on any atom is -0.490 e. The van der Waals surface area contributed by atoms with Gasteiger partial charge < -0.3 is 19.7 Å². The van der Waals surface area contributed by atoms with E-state index < -0.39 is 0 Å². The molecule has 2 aliphatic rings. The molecule has 4 rings (SSSR count). The van der Waals surface area contributed by atoms with Gasteiger partial charge in [-0.3, -0.25) is 4.79 Å². The molecule has 1 amide bonds. The molecule has 28 heavy (non-hydrogen) atoms. The number of anilines is 1. The Hall–Kier alpha value is -2.53. The number of amides is 1. The monoisotopic (exact) mass is 381 g/mol. The van der Waals surface area contributed by atoms with Crippen LogP contribution in [0.1, 0.15) is 41.6 Å². The van der Waals surface area contributed by atoms with Crippen molar-refractivity contribution in [2.24, 2.45) is 0 Å². The van der Waals surface area contributed by atoms with Gasteiger partial charge in [-0.05, 0) is 61.7 Å². The minimum atomic E-state index is 0.0599. The molecule has 2 atom stereocenters. The molecular formula is C23H29N2O3+. The number of benzene rings is 2. The van der Waals surface area contributed by atoms with E-state index >= 15 is 0 Å². The number of hydrogen-bond donors (Lipinski definition) is 2. The fourth-order valence-electron chi connectivity index (χ4n) is 4.32. The fourth-order valence-corrected chi connectivity index (χ4v) is 4.32. The second-order valence-corrected chi connectivity index (χ2v) is 8.03. The topological polar surface area (TPSA) is 52.0 Å². The number of quaternary nitrogens is 1. The lowest BCUT2D eigenvalue weighted by Gasteiger charge is -2.32. The second-order valence-electron chi connectivity index (χ2n) is 8.03. The molecule has 1 unspecified atom stereocenters. The van der Waals surface area contributed by atoms with Gasteiger partial charge in [0.05, 0.1) is 19.8 Å². The van der Waals surface area contributed by atoms with Crippen molar-refractivity contribution in [1.29, 1.82) is 0 Å². The molecule has 2 N–H and O–H groups in total. The molecule has 2 aromatic carbocycles. The molecule has 2 heterocycles. The Kier molecular flexibility index (Phi) is 5.27. The number of carbonyl (C=O) groups is 1. The third-order valence-electron chi connectivity index (χ3n) is 5.70. The lowest BCUT2D eigenvalue weighted by atomic mass is 9.93. The summed E-state index contributed by atoms with van der Waals surface area (Å²) >= 11 is 0. The van der Waals surface area contributed by atoms with Crippen LogP contribution in [0.5, 0.6) is 11.5 Å². The predicted octanol–water partition coefficient (Wildman–Crippen LogP) is 2.61. The number of fused-ring (bicyclic) bond motifs is 2. The zero-order valence-electron chi connectivity index (χ0n) is 16.9. The molecule has 0 aliphatic carbocycles. The Labute approximate surface area is 166 Å². The molecule has 0 radical (unpaired) electrons. The highest BCUT2D eigenvalue weighted by atomic mass is 16.5. The molecule has 148 valence electrons. The van der Waals surface area contributed by atoms with Gasteiger partial charge in [0.15, 0.2) is 18.0 Å². The maximum absolute atomic E-state index is 12.7. The molecule has 5 heteroatoms. The Balaban J connectivity index is 1.47. The molecular weight excluding hydrogens is 352 g/mol. The van der Waals surface area contributed by atoms with Gasteiger partial charge in [0.2, 0.25) is 0 Å². The summed E-state index contributed by atoms with van der Waals surface area (Å²) in [5, 5.41) is 3.07. The van der Waals surface area contributed by atoms with E-state index in [0.717, 1.165) is 47.7 Å². The van der Waals surface area contributed by atoms with E-state index in [2.05, 4.69) is 30.4 Å². The maximum atomic E-state index is 12.7. The van der Waals surface area contributed by atoms with Gasteiger partial charge in [0.25, 0.3) is 5.91 Å². The van der Waals surface area contributed by atoms with Crippen molar-refractivity contribution < 1.29 is 19.2 Å². The van der Waals surface area contributed by atoms with Gasteiger partial charge in [-0.2, -0.15) is 0 Å². The normalized spacial score (nSPS) is 20.8. The van der Waals surface area contributed by atoms with Crippen LogP contribution in [0.3, 0.4) is 0 Å². The van der Waals surface area contributed by atoms with Crippen LogP contribution in [0.15, 0.2) is 30.3 Å². The summed E-state index contributed by atoms with van der Waals surface area (Å²) in [5.41, 5.74) is 5.78. The van der Waals surface area contributed by atoms with Crippen LogP contribution < -0.4 is 19.7 Å². The minimum absolute atomic E-state index is 0.0599. The molecule has 0 bridgehead atoms. The first-order valence-electron chi connectivity index (χ1n) is 10.1. The van der Waals surface area contributed by atoms with Crippen molar-refractivity contribution in [2.75, 3.05) is 31.6 Å². The van der Waals surface area contributed by atoms with E-state index in [4.69, 9.17) is 9.47 Å². The van der Waals surface area contributed by atoms with Gasteiger partial charge in [-0.15, -0.1) is 0 Å². The zero-order valence-corrected chi connectivity index (χ0v) is 16.9. The van der Waals surface area contributed by atoms with Crippen molar-refractivity contribution in [3.63, 3.8) is 0 Å². The summed E-state index contributed by atoms with van der Waals surface area (Å²) in [7, 11) is 0. The van der Waals surface area contributed by atoms with E-state index in [9.17, 15) is 4.79 Å². The average Bonchev–Trinajstić information content (AvgIpc) is 2.86. The first kappa shape index (κ1) is 18.8. The van der Waals surface area contributed by atoms with Crippen molar-refractivity contribution in [3.05, 3.63) is 52.6 Å². The summed E-state index contributed by atoms with van der Waals surface area (Å²) in [6, 6.07) is 10.6. The van der Waals surface area contributed by atoms with Crippen LogP contribution in [0, 0.1) is 13.8 Å². The van der Waals surface area contributed by atoms with Crippen molar-refractivity contribution in [3.8, 4) is 11.5 Å². The Bertz CT molecular complexity index is 873. The van der Waals surface area contributed by atoms with Gasteiger partial charge in [-0.25, -0.2) is 0 Å². The zero-order chi connectivity index (χ0) is 19.7. The van der Waals surface area contributed by atoms with Crippen LogP contribution in [0.4, 0.5) is 5.69 Å². The van der Waals surface area contributed by atoms with Gasteiger partial charge in [-0.1, -0.05) is 6.07 Å². The number of aryl methyl sites for hydroxylation is 2. The van der Waals surface area contributed by atoms with Crippen LogP contribution in [0.2, 0.25) is 0 Å². The molecule has 0 fully saturated rings. The third-order valence-corrected chi connectivity index (χ3v) is 5.70.